The molecule has 5 rings (SSSR count). The van der Waals surface area contributed by atoms with Gasteiger partial charge in [0.05, 0.1) is 31.3 Å². The Balaban J connectivity index is 0.000000727. The molecule has 2 aromatic carbocycles. The summed E-state index contributed by atoms with van der Waals surface area (Å²) in [6.45, 7) is 0.323. The van der Waals surface area contributed by atoms with Gasteiger partial charge in [-0.25, -0.2) is 37.3 Å². The van der Waals surface area contributed by atoms with Gasteiger partial charge in [0, 0.05) is 35.8 Å². The van der Waals surface area contributed by atoms with Crippen LogP contribution in [0.15, 0.2) is 48.7 Å². The topological polar surface area (TPSA) is 207 Å². The highest BCUT2D eigenvalue weighted by Crippen LogP contribution is 2.39. The predicted octanol–water partition coefficient (Wildman–Crippen LogP) is 4.11. The lowest BCUT2D eigenvalue weighted by atomic mass is 10.0. The molecule has 1 saturated heterocycles. The molecular weight excluding hydrogens is 699 g/mol. The van der Waals surface area contributed by atoms with E-state index in [1.54, 1.807) is 18.2 Å². The highest BCUT2D eigenvalue weighted by atomic mass is 32.2. The molecule has 268 valence electrons. The largest absolute Gasteiger partial charge is 0.490 e. The van der Waals surface area contributed by atoms with Crippen molar-refractivity contribution in [3.8, 4) is 28.3 Å². The second-order valence-electron chi connectivity index (χ2n) is 10.4. The zero-order valence-electron chi connectivity index (χ0n) is 25.8. The van der Waals surface area contributed by atoms with Crippen LogP contribution < -0.4 is 20.1 Å². The SMILES string of the molecule is Nc1ccc(-c2nc(N3CCOCC3)c3cc(-c4cccc(NS(=O)(=O)CCCF)c4F)cc(OCC(=O)O)c3n2)cn1.O=C(O)C(F)(F)F. The van der Waals surface area contributed by atoms with Crippen LogP contribution in [0.5, 0.6) is 5.75 Å². The van der Waals surface area contributed by atoms with Crippen molar-refractivity contribution >= 4 is 50.2 Å². The fourth-order valence-electron chi connectivity index (χ4n) is 4.57. The van der Waals surface area contributed by atoms with Gasteiger partial charge in [-0.15, -0.1) is 0 Å². The van der Waals surface area contributed by atoms with E-state index in [0.717, 1.165) is 0 Å². The predicted molar refractivity (Wildman–Crippen MR) is 170 cm³/mol. The van der Waals surface area contributed by atoms with Crippen LogP contribution in [0.25, 0.3) is 33.4 Å². The van der Waals surface area contributed by atoms with Gasteiger partial charge < -0.3 is 30.3 Å². The number of anilines is 3. The summed E-state index contributed by atoms with van der Waals surface area (Å²) >= 11 is 0. The molecule has 14 nitrogen and oxygen atoms in total. The van der Waals surface area contributed by atoms with Crippen LogP contribution in [0.2, 0.25) is 0 Å². The molecule has 0 atom stereocenters. The number of rotatable bonds is 11. The average molecular weight is 729 g/mol. The first-order valence-corrected chi connectivity index (χ1v) is 16.1. The molecule has 2 aromatic heterocycles. The number of fused-ring (bicyclic) bond motifs is 1. The Hall–Kier alpha value is -5.37. The number of aliphatic carboxylic acids is 2. The number of alkyl halides is 4. The van der Waals surface area contributed by atoms with Gasteiger partial charge in [0.1, 0.15) is 22.9 Å². The molecule has 1 aliphatic rings. The van der Waals surface area contributed by atoms with Gasteiger partial charge in [-0.3, -0.25) is 9.11 Å². The highest BCUT2D eigenvalue weighted by molar-refractivity contribution is 7.92. The maximum absolute atomic E-state index is 15.8. The van der Waals surface area contributed by atoms with Crippen LogP contribution in [0.3, 0.4) is 0 Å². The third-order valence-corrected chi connectivity index (χ3v) is 8.17. The van der Waals surface area contributed by atoms with E-state index in [9.17, 15) is 35.9 Å². The number of nitrogens with zero attached hydrogens (tertiary/aromatic N) is 4. The number of halogens is 5. The number of carbonyl (C=O) groups is 2. The zero-order valence-corrected chi connectivity index (χ0v) is 26.6. The Morgan fingerprint density at radius 2 is 1.76 bits per heavy atom. The van der Waals surface area contributed by atoms with Crippen molar-refractivity contribution < 1.29 is 59.6 Å². The van der Waals surface area contributed by atoms with Gasteiger partial charge in [-0.1, -0.05) is 12.1 Å². The van der Waals surface area contributed by atoms with Gasteiger partial charge in [0.2, 0.25) is 10.0 Å². The van der Waals surface area contributed by atoms with Crippen LogP contribution >= 0.6 is 0 Å². The summed E-state index contributed by atoms with van der Waals surface area (Å²) in [5, 5.41) is 16.9. The number of ether oxygens (including phenoxy) is 2. The van der Waals surface area contributed by atoms with Crippen LogP contribution in [0.1, 0.15) is 6.42 Å². The second-order valence-corrected chi connectivity index (χ2v) is 12.3. The fourth-order valence-corrected chi connectivity index (χ4v) is 5.65. The Morgan fingerprint density at radius 3 is 2.36 bits per heavy atom. The normalized spacial score (nSPS) is 13.3. The minimum Gasteiger partial charge on any atom is -0.480 e. The first kappa shape index (κ1) is 37.4. The fraction of sp³-hybridized carbons (Fsp3) is 0.300. The van der Waals surface area contributed by atoms with Gasteiger partial charge in [0.15, 0.2) is 18.2 Å². The maximum Gasteiger partial charge on any atom is 0.490 e. The average Bonchev–Trinajstić information content (AvgIpc) is 3.07. The lowest BCUT2D eigenvalue weighted by Crippen LogP contribution is -2.37. The van der Waals surface area contributed by atoms with Crippen LogP contribution in [0, 0.1) is 5.82 Å². The summed E-state index contributed by atoms with van der Waals surface area (Å²) in [4.78, 5) is 35.9. The van der Waals surface area contributed by atoms with E-state index in [-0.39, 0.29) is 40.3 Å². The minimum absolute atomic E-state index is 0.00695. The van der Waals surface area contributed by atoms with E-state index < -0.39 is 53.0 Å². The summed E-state index contributed by atoms with van der Waals surface area (Å²) in [6, 6.07) is 10.5. The van der Waals surface area contributed by atoms with Crippen molar-refractivity contribution in [3.63, 3.8) is 0 Å². The Kier molecular flexibility index (Phi) is 11.9. The van der Waals surface area contributed by atoms with Crippen molar-refractivity contribution in [2.75, 3.05) is 60.7 Å². The van der Waals surface area contributed by atoms with Gasteiger partial charge in [-0.05, 0) is 42.3 Å². The van der Waals surface area contributed by atoms with Crippen molar-refractivity contribution in [1.29, 1.82) is 0 Å². The number of nitrogens with one attached hydrogen (secondary N) is 1. The molecule has 0 radical (unpaired) electrons. The van der Waals surface area contributed by atoms with Crippen LogP contribution in [0.4, 0.5) is 39.3 Å². The first-order chi connectivity index (χ1) is 23.6. The number of carboxylic acid groups (broad SMARTS) is 2. The van der Waals surface area contributed by atoms with E-state index in [1.807, 2.05) is 4.90 Å². The molecule has 4 aromatic rings. The number of hydrogen-bond donors (Lipinski definition) is 4. The molecule has 1 aliphatic heterocycles. The summed E-state index contributed by atoms with van der Waals surface area (Å²) in [5.41, 5.74) is 6.53. The van der Waals surface area contributed by atoms with E-state index in [2.05, 4.69) is 14.7 Å². The smallest absolute Gasteiger partial charge is 0.480 e. The number of aromatic nitrogens is 3. The number of nitrogen functional groups attached to an aromatic ring is 1. The standard InChI is InChI=1S/C28H28F2N6O6S.C2HF3O2/c29-7-2-12-43(39,40)35-21-4-1-3-19(25(21)30)18-13-20-26(22(14-18)42-16-24(37)38)33-27(17-5-6-23(31)32-15-17)34-28(20)36-8-10-41-11-9-36;3-2(4,5)1(6)7/h1,3-6,13-15,35H,2,7-12,16H2,(H2,31,32)(H,37,38);(H,6,7). The molecule has 50 heavy (non-hydrogen) atoms. The van der Waals surface area contributed by atoms with Crippen LogP contribution in [-0.4, -0.2) is 97.0 Å². The number of morpholine rings is 1. The van der Waals surface area contributed by atoms with Crippen molar-refractivity contribution in [3.05, 3.63) is 54.5 Å². The van der Waals surface area contributed by atoms with E-state index in [1.165, 1.54) is 30.5 Å². The molecule has 1 fully saturated rings. The lowest BCUT2D eigenvalue weighted by Gasteiger charge is -2.29. The van der Waals surface area contributed by atoms with Crippen molar-refractivity contribution in [2.45, 2.75) is 12.6 Å². The van der Waals surface area contributed by atoms with Gasteiger partial charge >= 0.3 is 18.1 Å². The van der Waals surface area contributed by atoms with Crippen LogP contribution in [-0.2, 0) is 24.3 Å². The molecule has 0 aliphatic carbocycles. The highest BCUT2D eigenvalue weighted by Gasteiger charge is 2.38. The number of benzene rings is 2. The third-order valence-electron chi connectivity index (χ3n) is 6.82. The summed E-state index contributed by atoms with van der Waals surface area (Å²) in [5.74, 6) is -4.27. The van der Waals surface area contributed by atoms with Crippen molar-refractivity contribution in [1.82, 2.24) is 15.0 Å². The number of pyridine rings is 1. The summed E-state index contributed by atoms with van der Waals surface area (Å²) in [7, 11) is -4.01. The Morgan fingerprint density at radius 1 is 1.06 bits per heavy atom. The van der Waals surface area contributed by atoms with Gasteiger partial charge in [-0.2, -0.15) is 13.2 Å². The molecule has 0 amide bonds. The maximum atomic E-state index is 15.8. The number of carboxylic acids is 2. The summed E-state index contributed by atoms with van der Waals surface area (Å²) in [6.07, 6.45) is -3.80. The second kappa shape index (κ2) is 15.9. The van der Waals surface area contributed by atoms with E-state index in [0.29, 0.717) is 48.9 Å². The first-order valence-electron chi connectivity index (χ1n) is 14.5. The monoisotopic (exact) mass is 728 g/mol. The third kappa shape index (κ3) is 9.62. The Bertz CT molecular complexity index is 1960. The number of hydrogen-bond acceptors (Lipinski definition) is 11. The molecular formula is C30H29F5N6O8S. The van der Waals surface area contributed by atoms with E-state index >= 15 is 4.39 Å². The molecule has 0 bridgehead atoms. The lowest BCUT2D eigenvalue weighted by molar-refractivity contribution is -0.192. The molecule has 3 heterocycles. The molecule has 5 N–H and O–H groups in total. The summed E-state index contributed by atoms with van der Waals surface area (Å²) < 4.78 is 98.2. The van der Waals surface area contributed by atoms with E-state index in [4.69, 9.17) is 30.1 Å². The minimum atomic E-state index is -5.08. The molecule has 0 unspecified atom stereocenters. The molecule has 0 saturated carbocycles. The van der Waals surface area contributed by atoms with Gasteiger partial charge in [0.25, 0.3) is 0 Å². The quantitative estimate of drug-likeness (QED) is 0.161. The number of nitrogens with two attached hydrogens (primary N) is 1. The Labute approximate surface area is 280 Å². The zero-order chi connectivity index (χ0) is 36.6. The molecule has 20 heteroatoms. The molecule has 0 spiro atoms. The van der Waals surface area contributed by atoms with Crippen molar-refractivity contribution in [2.24, 2.45) is 0 Å². The number of sulfonamides is 1.